The third-order valence-corrected chi connectivity index (χ3v) is 4.45. The summed E-state index contributed by atoms with van der Waals surface area (Å²) in [5.41, 5.74) is 4.71. The molecule has 1 heterocycles. The second kappa shape index (κ2) is 6.80. The zero-order chi connectivity index (χ0) is 17.3. The molecule has 3 aromatic rings. The van der Waals surface area contributed by atoms with Gasteiger partial charge in [0.1, 0.15) is 0 Å². The Bertz CT molecular complexity index is 964. The van der Waals surface area contributed by atoms with Gasteiger partial charge < -0.3 is 0 Å². The summed E-state index contributed by atoms with van der Waals surface area (Å²) < 4.78 is 1.42. The van der Waals surface area contributed by atoms with E-state index in [1.165, 1.54) is 16.3 Å². The molecule has 0 unspecified atom stereocenters. The standard InChI is InChI=1S/C19H16Cl2N2O/c1-12-3-6-16(13(2)9-12)18-7-8-19(24)23(22-18)11-14-4-5-15(20)10-17(14)21/h3-10H,11H2,1-2H3. The number of hydrogen-bond acceptors (Lipinski definition) is 2. The van der Waals surface area contributed by atoms with Crippen molar-refractivity contribution in [1.82, 2.24) is 9.78 Å². The van der Waals surface area contributed by atoms with Gasteiger partial charge >= 0.3 is 0 Å². The molecule has 3 rings (SSSR count). The lowest BCUT2D eigenvalue weighted by atomic mass is 10.0. The first-order chi connectivity index (χ1) is 11.4. The van der Waals surface area contributed by atoms with Crippen LogP contribution >= 0.6 is 23.2 Å². The fourth-order valence-corrected chi connectivity index (χ4v) is 3.09. The molecule has 5 heteroatoms. The van der Waals surface area contributed by atoms with E-state index >= 15 is 0 Å². The van der Waals surface area contributed by atoms with E-state index in [4.69, 9.17) is 23.2 Å². The molecule has 0 aliphatic heterocycles. The minimum atomic E-state index is -0.172. The molecule has 0 atom stereocenters. The van der Waals surface area contributed by atoms with Crippen LogP contribution in [0.25, 0.3) is 11.3 Å². The van der Waals surface area contributed by atoms with Gasteiger partial charge in [-0.15, -0.1) is 0 Å². The van der Waals surface area contributed by atoms with E-state index in [0.29, 0.717) is 16.6 Å². The van der Waals surface area contributed by atoms with Gasteiger partial charge in [-0.25, -0.2) is 4.68 Å². The lowest BCUT2D eigenvalue weighted by molar-refractivity contribution is 0.643. The molecule has 0 bridgehead atoms. The van der Waals surface area contributed by atoms with Crippen molar-refractivity contribution >= 4 is 23.2 Å². The Labute approximate surface area is 150 Å². The highest BCUT2D eigenvalue weighted by molar-refractivity contribution is 6.35. The van der Waals surface area contributed by atoms with Crippen LogP contribution in [0, 0.1) is 13.8 Å². The molecule has 3 nitrogen and oxygen atoms in total. The van der Waals surface area contributed by atoms with Gasteiger partial charge in [0.25, 0.3) is 5.56 Å². The molecule has 0 amide bonds. The predicted octanol–water partition coefficient (Wildman–Crippen LogP) is 4.88. The van der Waals surface area contributed by atoms with Gasteiger partial charge in [0.15, 0.2) is 0 Å². The highest BCUT2D eigenvalue weighted by Crippen LogP contribution is 2.23. The average Bonchev–Trinajstić information content (AvgIpc) is 2.52. The van der Waals surface area contributed by atoms with E-state index in [-0.39, 0.29) is 5.56 Å². The fraction of sp³-hybridized carbons (Fsp3) is 0.158. The monoisotopic (exact) mass is 358 g/mol. The van der Waals surface area contributed by atoms with Crippen LogP contribution in [0.3, 0.4) is 0 Å². The number of aryl methyl sites for hydroxylation is 2. The third kappa shape index (κ3) is 3.53. The number of hydrogen-bond donors (Lipinski definition) is 0. The van der Waals surface area contributed by atoms with Crippen molar-refractivity contribution in [2.45, 2.75) is 20.4 Å². The van der Waals surface area contributed by atoms with E-state index in [2.05, 4.69) is 11.2 Å². The highest BCUT2D eigenvalue weighted by atomic mass is 35.5. The van der Waals surface area contributed by atoms with Crippen LogP contribution in [0.2, 0.25) is 10.0 Å². The molecule has 0 saturated heterocycles. The molecule has 0 radical (unpaired) electrons. The van der Waals surface area contributed by atoms with Crippen molar-refractivity contribution < 1.29 is 0 Å². The second-order valence-corrected chi connectivity index (χ2v) is 6.61. The molecule has 2 aromatic carbocycles. The van der Waals surface area contributed by atoms with Crippen LogP contribution < -0.4 is 5.56 Å². The van der Waals surface area contributed by atoms with Crippen LogP contribution in [-0.4, -0.2) is 9.78 Å². The van der Waals surface area contributed by atoms with Crippen molar-refractivity contribution in [3.05, 3.63) is 85.6 Å². The first-order valence-electron chi connectivity index (χ1n) is 7.54. The average molecular weight is 359 g/mol. The molecular formula is C19H16Cl2N2O. The maximum Gasteiger partial charge on any atom is 0.267 e. The smallest absolute Gasteiger partial charge is 0.267 e. The molecule has 24 heavy (non-hydrogen) atoms. The Morgan fingerprint density at radius 3 is 2.50 bits per heavy atom. The molecule has 0 aliphatic rings. The third-order valence-electron chi connectivity index (χ3n) is 3.86. The number of nitrogens with zero attached hydrogens (tertiary/aromatic N) is 2. The van der Waals surface area contributed by atoms with Crippen molar-refractivity contribution in [3.63, 3.8) is 0 Å². The summed E-state index contributed by atoms with van der Waals surface area (Å²) in [6.07, 6.45) is 0. The molecule has 0 N–H and O–H groups in total. The largest absolute Gasteiger partial charge is 0.268 e. The van der Waals surface area contributed by atoms with Crippen LogP contribution in [-0.2, 0) is 6.54 Å². The van der Waals surface area contributed by atoms with Crippen LogP contribution in [0.15, 0.2) is 53.3 Å². The summed E-state index contributed by atoms with van der Waals surface area (Å²) in [5.74, 6) is 0. The molecule has 0 spiro atoms. The van der Waals surface area contributed by atoms with Crippen molar-refractivity contribution in [1.29, 1.82) is 0 Å². The van der Waals surface area contributed by atoms with Crippen LogP contribution in [0.1, 0.15) is 16.7 Å². The van der Waals surface area contributed by atoms with E-state index in [9.17, 15) is 4.79 Å². The fourth-order valence-electron chi connectivity index (χ4n) is 2.62. The summed E-state index contributed by atoms with van der Waals surface area (Å²) in [5, 5.41) is 5.59. The Kier molecular flexibility index (Phi) is 4.74. The van der Waals surface area contributed by atoms with E-state index in [1.807, 2.05) is 32.0 Å². The van der Waals surface area contributed by atoms with Gasteiger partial charge in [-0.3, -0.25) is 4.79 Å². The Hall–Kier alpha value is -2.10. The second-order valence-electron chi connectivity index (χ2n) is 5.77. The SMILES string of the molecule is Cc1ccc(-c2ccc(=O)n(Cc3ccc(Cl)cc3Cl)n2)c(C)c1. The predicted molar refractivity (Wildman–Crippen MR) is 99.0 cm³/mol. The number of aromatic nitrogens is 2. The molecule has 122 valence electrons. The van der Waals surface area contributed by atoms with E-state index in [0.717, 1.165) is 22.4 Å². The van der Waals surface area contributed by atoms with Crippen molar-refractivity contribution in [2.24, 2.45) is 0 Å². The summed E-state index contributed by atoms with van der Waals surface area (Å²) in [6.45, 7) is 4.39. The lowest BCUT2D eigenvalue weighted by Crippen LogP contribution is -2.23. The highest BCUT2D eigenvalue weighted by Gasteiger charge is 2.09. The summed E-state index contributed by atoms with van der Waals surface area (Å²) in [6, 6.07) is 14.7. The zero-order valence-electron chi connectivity index (χ0n) is 13.4. The van der Waals surface area contributed by atoms with Gasteiger partial charge in [-0.2, -0.15) is 5.10 Å². The number of rotatable bonds is 3. The Morgan fingerprint density at radius 2 is 1.79 bits per heavy atom. The maximum atomic E-state index is 12.2. The summed E-state index contributed by atoms with van der Waals surface area (Å²) >= 11 is 12.1. The normalized spacial score (nSPS) is 10.8. The minimum absolute atomic E-state index is 0.172. The Balaban J connectivity index is 2.01. The topological polar surface area (TPSA) is 34.9 Å². The molecular weight excluding hydrogens is 343 g/mol. The van der Waals surface area contributed by atoms with Crippen molar-refractivity contribution in [2.75, 3.05) is 0 Å². The first-order valence-corrected chi connectivity index (χ1v) is 8.29. The summed E-state index contributed by atoms with van der Waals surface area (Å²) in [4.78, 5) is 12.2. The van der Waals surface area contributed by atoms with E-state index < -0.39 is 0 Å². The quantitative estimate of drug-likeness (QED) is 0.668. The molecule has 0 aliphatic carbocycles. The van der Waals surface area contributed by atoms with E-state index in [1.54, 1.807) is 18.2 Å². The maximum absolute atomic E-state index is 12.2. The lowest BCUT2D eigenvalue weighted by Gasteiger charge is -2.11. The summed E-state index contributed by atoms with van der Waals surface area (Å²) in [7, 11) is 0. The Morgan fingerprint density at radius 1 is 1.00 bits per heavy atom. The number of halogens is 2. The van der Waals surface area contributed by atoms with Gasteiger partial charge in [0.2, 0.25) is 0 Å². The first kappa shape index (κ1) is 16.7. The van der Waals surface area contributed by atoms with Crippen molar-refractivity contribution in [3.8, 4) is 11.3 Å². The van der Waals surface area contributed by atoms with Gasteiger partial charge in [-0.05, 0) is 43.2 Å². The number of benzene rings is 2. The molecule has 1 aromatic heterocycles. The molecule has 0 saturated carbocycles. The van der Waals surface area contributed by atoms with Crippen LogP contribution in [0.4, 0.5) is 0 Å². The van der Waals surface area contributed by atoms with Crippen LogP contribution in [0.5, 0.6) is 0 Å². The van der Waals surface area contributed by atoms with Gasteiger partial charge in [0, 0.05) is 21.7 Å². The zero-order valence-corrected chi connectivity index (χ0v) is 14.9. The minimum Gasteiger partial charge on any atom is -0.268 e. The van der Waals surface area contributed by atoms with Gasteiger partial charge in [0.05, 0.1) is 12.2 Å². The molecule has 0 fully saturated rings. The van der Waals surface area contributed by atoms with Gasteiger partial charge in [-0.1, -0.05) is 53.0 Å².